The molecule has 0 amide bonds. The summed E-state index contributed by atoms with van der Waals surface area (Å²) in [5, 5.41) is 12.0. The quantitative estimate of drug-likeness (QED) is 0.915. The van der Waals surface area contributed by atoms with Crippen molar-refractivity contribution in [3.8, 4) is 6.07 Å². The van der Waals surface area contributed by atoms with Crippen molar-refractivity contribution in [1.82, 2.24) is 4.98 Å². The Kier molecular flexibility index (Phi) is 3.58. The minimum atomic E-state index is -0.356. The van der Waals surface area contributed by atoms with Crippen LogP contribution >= 0.6 is 15.9 Å². The summed E-state index contributed by atoms with van der Waals surface area (Å²) in [5.41, 5.74) is 2.51. The number of nitriles is 1. The summed E-state index contributed by atoms with van der Waals surface area (Å²) in [5.74, 6) is -0.356. The maximum absolute atomic E-state index is 13.5. The van der Waals surface area contributed by atoms with Crippen LogP contribution in [0.4, 0.5) is 15.8 Å². The Morgan fingerprint density at radius 3 is 2.89 bits per heavy atom. The van der Waals surface area contributed by atoms with E-state index < -0.39 is 0 Å². The van der Waals surface area contributed by atoms with Crippen molar-refractivity contribution in [2.24, 2.45) is 0 Å². The Bertz CT molecular complexity index is 635. The van der Waals surface area contributed by atoms with Gasteiger partial charge in [-0.3, -0.25) is 4.98 Å². The van der Waals surface area contributed by atoms with E-state index in [4.69, 9.17) is 5.26 Å². The smallest absolute Gasteiger partial charge is 0.139 e. The molecule has 0 unspecified atom stereocenters. The summed E-state index contributed by atoms with van der Waals surface area (Å²) >= 11 is 3.13. The van der Waals surface area contributed by atoms with Crippen LogP contribution in [-0.4, -0.2) is 4.98 Å². The van der Waals surface area contributed by atoms with Crippen molar-refractivity contribution in [3.05, 3.63) is 52.0 Å². The molecule has 1 heterocycles. The van der Waals surface area contributed by atoms with E-state index in [1.165, 1.54) is 12.3 Å². The fourth-order valence-electron chi connectivity index (χ4n) is 1.52. The molecular weight excluding hydrogens is 297 g/mol. The molecule has 18 heavy (non-hydrogen) atoms. The molecule has 1 N–H and O–H groups in total. The van der Waals surface area contributed by atoms with E-state index in [0.717, 1.165) is 5.56 Å². The fourth-order valence-corrected chi connectivity index (χ4v) is 1.98. The molecule has 3 nitrogen and oxygen atoms in total. The van der Waals surface area contributed by atoms with E-state index in [1.54, 1.807) is 18.3 Å². The lowest BCUT2D eigenvalue weighted by Gasteiger charge is -2.11. The van der Waals surface area contributed by atoms with Crippen molar-refractivity contribution in [1.29, 1.82) is 5.26 Å². The first-order valence-electron chi connectivity index (χ1n) is 5.18. The zero-order chi connectivity index (χ0) is 13.1. The highest BCUT2D eigenvalue weighted by atomic mass is 79.9. The monoisotopic (exact) mass is 305 g/mol. The highest BCUT2D eigenvalue weighted by Crippen LogP contribution is 2.27. The Hall–Kier alpha value is -1.93. The van der Waals surface area contributed by atoms with Gasteiger partial charge in [0.1, 0.15) is 11.9 Å². The third-order valence-corrected chi connectivity index (χ3v) is 3.09. The van der Waals surface area contributed by atoms with Gasteiger partial charge in [0.05, 0.1) is 21.9 Å². The predicted octanol–water partition coefficient (Wildman–Crippen LogP) is 3.91. The molecule has 0 bridgehead atoms. The fraction of sp³-hybridized carbons (Fsp3) is 0.0769. The minimum absolute atomic E-state index is 0.356. The number of halogens is 2. The van der Waals surface area contributed by atoms with Gasteiger partial charge in [-0.25, -0.2) is 4.39 Å². The summed E-state index contributed by atoms with van der Waals surface area (Å²) in [7, 11) is 0. The predicted molar refractivity (Wildman–Crippen MR) is 71.1 cm³/mol. The van der Waals surface area contributed by atoms with Crippen molar-refractivity contribution in [2.45, 2.75) is 6.92 Å². The summed E-state index contributed by atoms with van der Waals surface area (Å²) in [6.45, 7) is 1.86. The number of aromatic nitrogens is 1. The van der Waals surface area contributed by atoms with Crippen molar-refractivity contribution >= 4 is 27.3 Å². The molecule has 0 aliphatic rings. The van der Waals surface area contributed by atoms with Gasteiger partial charge in [-0.1, -0.05) is 0 Å². The average Bonchev–Trinajstić information content (AvgIpc) is 2.36. The first kappa shape index (κ1) is 12.5. The molecule has 0 atom stereocenters. The molecule has 5 heteroatoms. The molecule has 1 aromatic carbocycles. The number of hydrogen-bond acceptors (Lipinski definition) is 3. The molecule has 0 aliphatic heterocycles. The van der Waals surface area contributed by atoms with E-state index in [1.807, 2.05) is 6.92 Å². The van der Waals surface area contributed by atoms with E-state index in [0.29, 0.717) is 21.4 Å². The lowest BCUT2D eigenvalue weighted by Crippen LogP contribution is -1.97. The van der Waals surface area contributed by atoms with Crippen LogP contribution in [0.1, 0.15) is 11.1 Å². The molecule has 0 radical (unpaired) electrons. The van der Waals surface area contributed by atoms with Gasteiger partial charge in [-0.15, -0.1) is 0 Å². The molecule has 0 saturated carbocycles. The van der Waals surface area contributed by atoms with Gasteiger partial charge in [0, 0.05) is 11.9 Å². The number of pyridine rings is 1. The maximum atomic E-state index is 13.5. The molecule has 90 valence electrons. The second kappa shape index (κ2) is 5.15. The summed E-state index contributed by atoms with van der Waals surface area (Å²) in [6.07, 6.45) is 3.08. The molecule has 0 fully saturated rings. The van der Waals surface area contributed by atoms with Crippen molar-refractivity contribution < 1.29 is 4.39 Å². The number of aryl methyl sites for hydroxylation is 1. The van der Waals surface area contributed by atoms with Crippen LogP contribution in [0.25, 0.3) is 0 Å². The van der Waals surface area contributed by atoms with E-state index in [2.05, 4.69) is 32.3 Å². The lowest BCUT2D eigenvalue weighted by atomic mass is 10.1. The highest BCUT2D eigenvalue weighted by Gasteiger charge is 2.07. The van der Waals surface area contributed by atoms with E-state index in [-0.39, 0.29) is 5.82 Å². The lowest BCUT2D eigenvalue weighted by molar-refractivity contribution is 0.621. The van der Waals surface area contributed by atoms with Crippen LogP contribution in [0.15, 0.2) is 35.1 Å². The second-order valence-corrected chi connectivity index (χ2v) is 4.59. The van der Waals surface area contributed by atoms with E-state index in [9.17, 15) is 4.39 Å². The van der Waals surface area contributed by atoms with Crippen molar-refractivity contribution in [3.63, 3.8) is 0 Å². The third-order valence-electron chi connectivity index (χ3n) is 2.48. The number of hydrogen-bond donors (Lipinski definition) is 1. The summed E-state index contributed by atoms with van der Waals surface area (Å²) < 4.78 is 13.9. The Morgan fingerprint density at radius 1 is 1.39 bits per heavy atom. The van der Waals surface area contributed by atoms with E-state index >= 15 is 0 Å². The van der Waals surface area contributed by atoms with Gasteiger partial charge >= 0.3 is 0 Å². The molecule has 0 saturated heterocycles. The molecule has 2 aromatic rings. The number of benzene rings is 1. The van der Waals surface area contributed by atoms with Crippen LogP contribution in [-0.2, 0) is 0 Å². The Balaban J connectivity index is 2.41. The van der Waals surface area contributed by atoms with Crippen LogP contribution in [0, 0.1) is 24.1 Å². The largest absolute Gasteiger partial charge is 0.353 e. The molecule has 1 aromatic heterocycles. The number of rotatable bonds is 2. The van der Waals surface area contributed by atoms with Gasteiger partial charge < -0.3 is 5.32 Å². The summed E-state index contributed by atoms with van der Waals surface area (Å²) in [6, 6.07) is 6.72. The molecular formula is C13H9BrFN3. The third kappa shape index (κ3) is 2.49. The first-order chi connectivity index (χ1) is 8.61. The normalized spacial score (nSPS) is 9.89. The van der Waals surface area contributed by atoms with Gasteiger partial charge in [0.15, 0.2) is 0 Å². The van der Waals surface area contributed by atoms with Gasteiger partial charge in [-0.05, 0) is 46.6 Å². The van der Waals surface area contributed by atoms with Crippen LogP contribution in [0.5, 0.6) is 0 Å². The van der Waals surface area contributed by atoms with Crippen LogP contribution < -0.4 is 5.32 Å². The highest BCUT2D eigenvalue weighted by molar-refractivity contribution is 9.10. The number of nitrogens with one attached hydrogen (secondary N) is 1. The van der Waals surface area contributed by atoms with Crippen LogP contribution in [0.3, 0.4) is 0 Å². The zero-order valence-corrected chi connectivity index (χ0v) is 11.1. The topological polar surface area (TPSA) is 48.7 Å². The number of anilines is 2. The maximum Gasteiger partial charge on any atom is 0.139 e. The molecule has 0 spiro atoms. The zero-order valence-electron chi connectivity index (χ0n) is 9.54. The second-order valence-electron chi connectivity index (χ2n) is 3.74. The number of nitrogens with zero attached hydrogens (tertiary/aromatic N) is 2. The Morgan fingerprint density at radius 2 is 2.17 bits per heavy atom. The average molecular weight is 306 g/mol. The van der Waals surface area contributed by atoms with Gasteiger partial charge in [0.2, 0.25) is 0 Å². The minimum Gasteiger partial charge on any atom is -0.353 e. The molecule has 2 rings (SSSR count). The standard InChI is InChI=1S/C13H9BrFN3/c1-8-4-10(14)11(15)5-12(8)18-13-7-17-3-2-9(13)6-16/h2-5,7,18H,1H3. The SMILES string of the molecule is Cc1cc(Br)c(F)cc1Nc1cnccc1C#N. The van der Waals surface area contributed by atoms with Crippen LogP contribution in [0.2, 0.25) is 0 Å². The summed E-state index contributed by atoms with van der Waals surface area (Å²) in [4.78, 5) is 3.94. The first-order valence-corrected chi connectivity index (χ1v) is 5.98. The molecule has 0 aliphatic carbocycles. The van der Waals surface area contributed by atoms with Gasteiger partial charge in [-0.2, -0.15) is 5.26 Å². The Labute approximate surface area is 112 Å². The van der Waals surface area contributed by atoms with Crippen molar-refractivity contribution in [2.75, 3.05) is 5.32 Å². The van der Waals surface area contributed by atoms with Gasteiger partial charge in [0.25, 0.3) is 0 Å².